The van der Waals surface area contributed by atoms with Crippen molar-refractivity contribution in [1.82, 2.24) is 15.5 Å². The van der Waals surface area contributed by atoms with Gasteiger partial charge in [0, 0.05) is 38.6 Å². The van der Waals surface area contributed by atoms with Crippen LogP contribution in [0.1, 0.15) is 44.6 Å². The maximum Gasteiger partial charge on any atom is 0.321 e. The van der Waals surface area contributed by atoms with Gasteiger partial charge in [0.05, 0.1) is 7.11 Å². The predicted octanol–water partition coefficient (Wildman–Crippen LogP) is 3.96. The summed E-state index contributed by atoms with van der Waals surface area (Å²) in [5.74, 6) is 2.18. The first-order valence-corrected chi connectivity index (χ1v) is 11.6. The summed E-state index contributed by atoms with van der Waals surface area (Å²) in [6, 6.07) is 5.33. The summed E-state index contributed by atoms with van der Waals surface area (Å²) < 4.78 is 5.20. The summed E-state index contributed by atoms with van der Waals surface area (Å²) in [7, 11) is 3.42. The lowest BCUT2D eigenvalue weighted by molar-refractivity contribution is 0.237. The standard InChI is InChI=1S/C23H36N6O2S/c1-5-6-12-25-21(24-3)29-14-10-18(11-15-29)9-13-26-22(30)28-23(32)27-20-8-7-19(31-4)16-17(20)2/h7-8,12,16,18H,5-6,9-11,13-15H2,1-4H3,(H3,26,27,28,30,32)/b24-21?,25-12-. The van der Waals surface area contributed by atoms with Crippen molar-refractivity contribution in [2.24, 2.45) is 15.9 Å². The van der Waals surface area contributed by atoms with Crippen LogP contribution in [0.25, 0.3) is 0 Å². The van der Waals surface area contributed by atoms with E-state index in [4.69, 9.17) is 17.0 Å². The molecule has 1 heterocycles. The zero-order chi connectivity index (χ0) is 23.3. The topological polar surface area (TPSA) is 90.4 Å². The average Bonchev–Trinajstić information content (AvgIpc) is 2.78. The molecule has 8 nitrogen and oxygen atoms in total. The van der Waals surface area contributed by atoms with Crippen LogP contribution in [0.15, 0.2) is 28.2 Å². The van der Waals surface area contributed by atoms with E-state index >= 15 is 0 Å². The van der Waals surface area contributed by atoms with E-state index in [1.54, 1.807) is 14.2 Å². The number of thiocarbonyl (C=S) groups is 1. The molecule has 9 heteroatoms. The third-order valence-electron chi connectivity index (χ3n) is 5.47. The number of likely N-dealkylation sites (tertiary alicyclic amines) is 1. The van der Waals surface area contributed by atoms with Gasteiger partial charge in [-0.2, -0.15) is 0 Å². The van der Waals surface area contributed by atoms with Gasteiger partial charge in [-0.25, -0.2) is 9.79 Å². The summed E-state index contributed by atoms with van der Waals surface area (Å²) in [6.07, 6.45) is 7.10. The van der Waals surface area contributed by atoms with E-state index in [-0.39, 0.29) is 11.1 Å². The molecule has 32 heavy (non-hydrogen) atoms. The van der Waals surface area contributed by atoms with Gasteiger partial charge in [0.15, 0.2) is 5.11 Å². The average molecular weight is 461 g/mol. The molecule has 1 aliphatic rings. The minimum Gasteiger partial charge on any atom is -0.497 e. The molecule has 0 saturated carbocycles. The van der Waals surface area contributed by atoms with E-state index in [0.717, 1.165) is 68.2 Å². The van der Waals surface area contributed by atoms with Crippen molar-refractivity contribution in [3.63, 3.8) is 0 Å². The molecule has 0 unspecified atom stereocenters. The molecule has 0 atom stereocenters. The second-order valence-electron chi connectivity index (χ2n) is 7.86. The predicted molar refractivity (Wildman–Crippen MR) is 136 cm³/mol. The first kappa shape index (κ1) is 25.6. The molecule has 1 saturated heterocycles. The molecule has 3 N–H and O–H groups in total. The number of guanidine groups is 1. The highest BCUT2D eigenvalue weighted by Crippen LogP contribution is 2.21. The molecule has 176 valence electrons. The number of rotatable bonds is 7. The van der Waals surface area contributed by atoms with E-state index in [0.29, 0.717) is 12.5 Å². The van der Waals surface area contributed by atoms with Crippen LogP contribution in [-0.4, -0.2) is 62.0 Å². The number of hydrogen-bond donors (Lipinski definition) is 3. The van der Waals surface area contributed by atoms with Crippen molar-refractivity contribution in [1.29, 1.82) is 0 Å². The molecule has 1 aromatic rings. The minimum atomic E-state index is -0.295. The number of anilines is 1. The Kier molecular flexibility index (Phi) is 10.9. The van der Waals surface area contributed by atoms with E-state index in [9.17, 15) is 4.79 Å². The first-order valence-electron chi connectivity index (χ1n) is 11.2. The van der Waals surface area contributed by atoms with Crippen LogP contribution in [0.5, 0.6) is 5.75 Å². The van der Waals surface area contributed by atoms with E-state index in [1.807, 2.05) is 31.3 Å². The van der Waals surface area contributed by atoms with Crippen molar-refractivity contribution in [2.45, 2.75) is 46.0 Å². The number of aliphatic imine (C=N–C) groups is 2. The Hall–Kier alpha value is -2.68. The highest BCUT2D eigenvalue weighted by molar-refractivity contribution is 7.80. The normalized spacial score (nSPS) is 15.0. The molecule has 0 aromatic heterocycles. The van der Waals surface area contributed by atoms with Gasteiger partial charge in [0.2, 0.25) is 5.96 Å². The number of urea groups is 1. The van der Waals surface area contributed by atoms with Crippen LogP contribution < -0.4 is 20.7 Å². The van der Waals surface area contributed by atoms with E-state index in [2.05, 4.69) is 37.8 Å². The summed E-state index contributed by atoms with van der Waals surface area (Å²) in [5, 5.41) is 8.89. The third kappa shape index (κ3) is 8.45. The highest BCUT2D eigenvalue weighted by Gasteiger charge is 2.21. The van der Waals surface area contributed by atoms with Crippen LogP contribution in [0.2, 0.25) is 0 Å². The van der Waals surface area contributed by atoms with E-state index < -0.39 is 0 Å². The fourth-order valence-electron chi connectivity index (χ4n) is 3.57. The number of nitrogens with zero attached hydrogens (tertiary/aromatic N) is 3. The molecule has 0 radical (unpaired) electrons. The number of hydrogen-bond acceptors (Lipinski definition) is 4. The van der Waals surface area contributed by atoms with Crippen molar-refractivity contribution in [2.75, 3.05) is 39.1 Å². The lowest BCUT2D eigenvalue weighted by atomic mass is 9.94. The molecule has 2 rings (SSSR count). The molecule has 0 aliphatic carbocycles. The Morgan fingerprint density at radius 3 is 2.72 bits per heavy atom. The van der Waals surface area contributed by atoms with Crippen molar-refractivity contribution in [3.8, 4) is 5.75 Å². The molecule has 0 bridgehead atoms. The summed E-state index contributed by atoms with van der Waals surface area (Å²) >= 11 is 5.25. The van der Waals surface area contributed by atoms with Crippen LogP contribution in [0, 0.1) is 12.8 Å². The number of ether oxygens (including phenoxy) is 1. The van der Waals surface area contributed by atoms with Gasteiger partial charge in [-0.15, -0.1) is 0 Å². The number of benzene rings is 1. The van der Waals surface area contributed by atoms with Gasteiger partial charge in [0.1, 0.15) is 5.75 Å². The van der Waals surface area contributed by atoms with Gasteiger partial charge in [-0.3, -0.25) is 10.3 Å². The smallest absolute Gasteiger partial charge is 0.321 e. The van der Waals surface area contributed by atoms with Crippen LogP contribution in [0.3, 0.4) is 0 Å². The first-order chi connectivity index (χ1) is 15.5. The van der Waals surface area contributed by atoms with Gasteiger partial charge >= 0.3 is 6.03 Å². The van der Waals surface area contributed by atoms with Gasteiger partial charge < -0.3 is 20.3 Å². The SMILES string of the molecule is CCC/C=N\C(=NC)N1CCC(CCNC(=O)NC(=S)Nc2ccc(OC)cc2C)CC1. The second kappa shape index (κ2) is 13.7. The Labute approximate surface area is 196 Å². The lowest BCUT2D eigenvalue weighted by Crippen LogP contribution is -2.43. The van der Waals surface area contributed by atoms with Crippen LogP contribution in [-0.2, 0) is 0 Å². The van der Waals surface area contributed by atoms with Gasteiger partial charge in [-0.1, -0.05) is 13.3 Å². The van der Waals surface area contributed by atoms with Crippen LogP contribution >= 0.6 is 12.2 Å². The zero-order valence-corrected chi connectivity index (χ0v) is 20.4. The fourth-order valence-corrected chi connectivity index (χ4v) is 3.77. The molecular formula is C23H36N6O2S. The highest BCUT2D eigenvalue weighted by atomic mass is 32.1. The van der Waals surface area contributed by atoms with Crippen LogP contribution in [0.4, 0.5) is 10.5 Å². The Bertz CT molecular complexity index is 819. The molecule has 0 spiro atoms. The molecular weight excluding hydrogens is 424 g/mol. The monoisotopic (exact) mass is 460 g/mol. The second-order valence-corrected chi connectivity index (χ2v) is 8.27. The number of piperidine rings is 1. The third-order valence-corrected chi connectivity index (χ3v) is 5.67. The zero-order valence-electron chi connectivity index (χ0n) is 19.6. The number of nitrogens with one attached hydrogen (secondary N) is 3. The number of carbonyl (C=O) groups excluding carboxylic acids is 1. The Morgan fingerprint density at radius 2 is 2.09 bits per heavy atom. The molecule has 1 aliphatic heterocycles. The van der Waals surface area contributed by atoms with Crippen molar-refractivity contribution >= 4 is 41.2 Å². The fraction of sp³-hybridized carbons (Fsp3) is 0.565. The van der Waals surface area contributed by atoms with Gasteiger partial charge in [0.25, 0.3) is 0 Å². The quantitative estimate of drug-likeness (QED) is 0.326. The minimum absolute atomic E-state index is 0.263. The Morgan fingerprint density at radius 1 is 1.34 bits per heavy atom. The summed E-state index contributed by atoms with van der Waals surface area (Å²) in [5.41, 5.74) is 1.81. The van der Waals surface area contributed by atoms with Crippen molar-refractivity contribution < 1.29 is 9.53 Å². The summed E-state index contributed by atoms with van der Waals surface area (Å²) in [4.78, 5) is 23.2. The molecule has 1 aromatic carbocycles. The van der Waals surface area contributed by atoms with E-state index in [1.165, 1.54) is 0 Å². The number of unbranched alkanes of at least 4 members (excludes halogenated alkanes) is 1. The number of carbonyl (C=O) groups is 1. The summed E-state index contributed by atoms with van der Waals surface area (Å²) in [6.45, 7) is 6.60. The maximum absolute atomic E-state index is 12.2. The maximum atomic E-state index is 12.2. The largest absolute Gasteiger partial charge is 0.497 e. The number of amides is 2. The van der Waals surface area contributed by atoms with Crippen molar-refractivity contribution in [3.05, 3.63) is 23.8 Å². The Balaban J connectivity index is 1.66. The molecule has 2 amide bonds. The number of aryl methyl sites for hydroxylation is 1. The lowest BCUT2D eigenvalue weighted by Gasteiger charge is -2.32. The van der Waals surface area contributed by atoms with Gasteiger partial charge in [-0.05, 0) is 74.5 Å². The molecule has 1 fully saturated rings. The number of methoxy groups -OCH3 is 1.